The number of hydrogen-bond acceptors (Lipinski definition) is 2. The summed E-state index contributed by atoms with van der Waals surface area (Å²) in [5, 5.41) is 18.3. The summed E-state index contributed by atoms with van der Waals surface area (Å²) in [5.74, 6) is -1.05. The number of phenols is 1. The van der Waals surface area contributed by atoms with E-state index < -0.39 is 5.97 Å². The first-order chi connectivity index (χ1) is 5.95. The van der Waals surface area contributed by atoms with Crippen LogP contribution in [0.5, 0.6) is 5.75 Å². The number of aromatic hydroxyl groups is 1. The molecule has 0 fully saturated rings. The van der Waals surface area contributed by atoms with Gasteiger partial charge in [0.2, 0.25) is 0 Å². The number of rotatable bonds is 1. The van der Waals surface area contributed by atoms with Gasteiger partial charge in [-0.15, -0.1) is 0 Å². The molecule has 3 nitrogen and oxygen atoms in total. The number of halogens is 1. The maximum Gasteiger partial charge on any atom is 0.337 e. The van der Waals surface area contributed by atoms with Crippen molar-refractivity contribution < 1.29 is 15.0 Å². The van der Waals surface area contributed by atoms with Crippen molar-refractivity contribution in [3.05, 3.63) is 27.2 Å². The van der Waals surface area contributed by atoms with E-state index in [0.29, 0.717) is 11.1 Å². The predicted molar refractivity (Wildman–Crippen MR) is 52.2 cm³/mol. The Balaban J connectivity index is 3.53. The maximum atomic E-state index is 10.8. The summed E-state index contributed by atoms with van der Waals surface area (Å²) in [6.45, 7) is 3.42. The van der Waals surface area contributed by atoms with Crippen LogP contribution in [0.4, 0.5) is 0 Å². The summed E-state index contributed by atoms with van der Waals surface area (Å²) in [6, 6.07) is 1.64. The van der Waals surface area contributed by atoms with Gasteiger partial charge < -0.3 is 10.2 Å². The molecule has 13 heavy (non-hydrogen) atoms. The number of aromatic carboxylic acids is 1. The SMILES string of the molecule is Cc1cc(C)c(C(=O)O)c(Br)c1O. The van der Waals surface area contributed by atoms with Gasteiger partial charge >= 0.3 is 5.97 Å². The van der Waals surface area contributed by atoms with Crippen LogP contribution in [0, 0.1) is 13.8 Å². The highest BCUT2D eigenvalue weighted by Crippen LogP contribution is 2.33. The molecule has 1 aromatic carbocycles. The van der Waals surface area contributed by atoms with Gasteiger partial charge in [0, 0.05) is 0 Å². The van der Waals surface area contributed by atoms with Gasteiger partial charge in [-0.1, -0.05) is 6.07 Å². The van der Waals surface area contributed by atoms with Crippen molar-refractivity contribution in [2.75, 3.05) is 0 Å². The maximum absolute atomic E-state index is 10.8. The standard InChI is InChI=1S/C9H9BrO3/c1-4-3-5(2)8(11)7(10)6(4)9(12)13/h3,11H,1-2H3,(H,12,13). The molecule has 4 heteroatoms. The second-order valence-corrected chi connectivity index (χ2v) is 3.65. The van der Waals surface area contributed by atoms with Gasteiger partial charge in [0.1, 0.15) is 5.75 Å². The molecule has 2 N–H and O–H groups in total. The second kappa shape index (κ2) is 3.38. The van der Waals surface area contributed by atoms with E-state index in [9.17, 15) is 9.90 Å². The van der Waals surface area contributed by atoms with Crippen LogP contribution in [0.15, 0.2) is 10.5 Å². The lowest BCUT2D eigenvalue weighted by molar-refractivity contribution is 0.0694. The molecule has 0 atom stereocenters. The number of hydrogen-bond donors (Lipinski definition) is 2. The number of carbonyl (C=O) groups is 1. The van der Waals surface area contributed by atoms with Crippen molar-refractivity contribution in [2.45, 2.75) is 13.8 Å². The third kappa shape index (κ3) is 1.67. The first kappa shape index (κ1) is 10.1. The van der Waals surface area contributed by atoms with Gasteiger partial charge in [-0.25, -0.2) is 4.79 Å². The van der Waals surface area contributed by atoms with E-state index >= 15 is 0 Å². The number of benzene rings is 1. The van der Waals surface area contributed by atoms with Crippen molar-refractivity contribution in [2.24, 2.45) is 0 Å². The largest absolute Gasteiger partial charge is 0.506 e. The van der Waals surface area contributed by atoms with Crippen LogP contribution in [-0.4, -0.2) is 16.2 Å². The normalized spacial score (nSPS) is 10.1. The van der Waals surface area contributed by atoms with Gasteiger partial charge in [-0.05, 0) is 40.9 Å². The third-order valence-corrected chi connectivity index (χ3v) is 2.61. The highest BCUT2D eigenvalue weighted by Gasteiger charge is 2.16. The Kier molecular flexibility index (Phi) is 2.61. The number of carboxylic acids is 1. The summed E-state index contributed by atoms with van der Waals surface area (Å²) >= 11 is 3.05. The molecule has 0 aliphatic heterocycles. The van der Waals surface area contributed by atoms with Crippen molar-refractivity contribution in [3.8, 4) is 5.75 Å². The Hall–Kier alpha value is -1.03. The van der Waals surface area contributed by atoms with Gasteiger partial charge in [-0.3, -0.25) is 0 Å². The van der Waals surface area contributed by atoms with Crippen molar-refractivity contribution in [1.82, 2.24) is 0 Å². The molecule has 0 unspecified atom stereocenters. The average molecular weight is 245 g/mol. The fraction of sp³-hybridized carbons (Fsp3) is 0.222. The summed E-state index contributed by atoms with van der Waals surface area (Å²) in [4.78, 5) is 10.8. The predicted octanol–water partition coefficient (Wildman–Crippen LogP) is 2.47. The lowest BCUT2D eigenvalue weighted by Gasteiger charge is -2.08. The van der Waals surface area contributed by atoms with Crippen LogP contribution in [-0.2, 0) is 0 Å². The first-order valence-corrected chi connectivity index (χ1v) is 4.46. The molecular formula is C9H9BrO3. The zero-order chi connectivity index (χ0) is 10.2. The first-order valence-electron chi connectivity index (χ1n) is 3.67. The lowest BCUT2D eigenvalue weighted by atomic mass is 10.1. The van der Waals surface area contributed by atoms with Crippen LogP contribution in [0.25, 0.3) is 0 Å². The molecule has 0 saturated carbocycles. The molecule has 0 heterocycles. The van der Waals surface area contributed by atoms with Gasteiger partial charge in [0.25, 0.3) is 0 Å². The molecule has 1 aromatic rings. The van der Waals surface area contributed by atoms with Crippen LogP contribution in [0.2, 0.25) is 0 Å². The van der Waals surface area contributed by atoms with E-state index in [2.05, 4.69) is 15.9 Å². The summed E-state index contributed by atoms with van der Waals surface area (Å²) < 4.78 is 0.248. The highest BCUT2D eigenvalue weighted by atomic mass is 79.9. The molecule has 0 amide bonds. The van der Waals surface area contributed by atoms with Crippen LogP contribution < -0.4 is 0 Å². The summed E-state index contributed by atoms with van der Waals surface area (Å²) in [6.07, 6.45) is 0. The smallest absolute Gasteiger partial charge is 0.337 e. The Labute approximate surface area is 84.1 Å². The Bertz CT molecular complexity index is 372. The molecule has 0 aliphatic rings. The molecule has 0 spiro atoms. The fourth-order valence-corrected chi connectivity index (χ4v) is 1.99. The number of carboxylic acid groups (broad SMARTS) is 1. The zero-order valence-corrected chi connectivity index (χ0v) is 8.84. The molecule has 0 aliphatic carbocycles. The molecule has 0 radical (unpaired) electrons. The third-order valence-electron chi connectivity index (χ3n) is 1.84. The van der Waals surface area contributed by atoms with E-state index in [1.54, 1.807) is 19.9 Å². The quantitative estimate of drug-likeness (QED) is 0.798. The van der Waals surface area contributed by atoms with Gasteiger partial charge in [-0.2, -0.15) is 0 Å². The van der Waals surface area contributed by atoms with Crippen molar-refractivity contribution in [3.63, 3.8) is 0 Å². The van der Waals surface area contributed by atoms with Crippen LogP contribution in [0.3, 0.4) is 0 Å². The Morgan fingerprint density at radius 3 is 2.38 bits per heavy atom. The zero-order valence-electron chi connectivity index (χ0n) is 7.26. The average Bonchev–Trinajstić information content (AvgIpc) is 1.99. The van der Waals surface area contributed by atoms with Crippen molar-refractivity contribution in [1.29, 1.82) is 0 Å². The lowest BCUT2D eigenvalue weighted by Crippen LogP contribution is -2.02. The van der Waals surface area contributed by atoms with E-state index in [4.69, 9.17) is 5.11 Å². The molecule has 0 aromatic heterocycles. The van der Waals surface area contributed by atoms with Gasteiger partial charge in [0.15, 0.2) is 0 Å². The topological polar surface area (TPSA) is 57.5 Å². The minimum atomic E-state index is -1.04. The molecule has 0 bridgehead atoms. The van der Waals surface area contributed by atoms with E-state index in [1.807, 2.05) is 0 Å². The monoisotopic (exact) mass is 244 g/mol. The van der Waals surface area contributed by atoms with Crippen molar-refractivity contribution >= 4 is 21.9 Å². The highest BCUT2D eigenvalue weighted by molar-refractivity contribution is 9.10. The number of phenolic OH excluding ortho intramolecular Hbond substituents is 1. The minimum absolute atomic E-state index is 0.0111. The fourth-order valence-electron chi connectivity index (χ4n) is 1.19. The van der Waals surface area contributed by atoms with E-state index in [-0.39, 0.29) is 15.8 Å². The molecule has 1 rings (SSSR count). The van der Waals surface area contributed by atoms with E-state index in [0.717, 1.165) is 0 Å². The summed E-state index contributed by atoms with van der Waals surface area (Å²) in [5.41, 5.74) is 1.41. The Morgan fingerprint density at radius 1 is 1.38 bits per heavy atom. The van der Waals surface area contributed by atoms with Gasteiger partial charge in [0.05, 0.1) is 10.0 Å². The second-order valence-electron chi connectivity index (χ2n) is 2.85. The molecule has 0 saturated heterocycles. The number of aryl methyl sites for hydroxylation is 2. The van der Waals surface area contributed by atoms with Crippen LogP contribution in [0.1, 0.15) is 21.5 Å². The van der Waals surface area contributed by atoms with E-state index in [1.165, 1.54) is 0 Å². The minimum Gasteiger partial charge on any atom is -0.506 e. The molecule has 70 valence electrons. The Morgan fingerprint density at radius 2 is 1.92 bits per heavy atom. The van der Waals surface area contributed by atoms with Crippen LogP contribution >= 0.6 is 15.9 Å². The molecular weight excluding hydrogens is 236 g/mol. The summed E-state index contributed by atoms with van der Waals surface area (Å²) in [7, 11) is 0.